The second-order valence-electron chi connectivity index (χ2n) is 2.93. The van der Waals surface area contributed by atoms with E-state index in [2.05, 4.69) is 15.5 Å². The summed E-state index contributed by atoms with van der Waals surface area (Å²) in [5.74, 6) is -0.00698. The zero-order valence-electron chi connectivity index (χ0n) is 8.66. The number of amides is 1. The third-order valence-corrected chi connectivity index (χ3v) is 2.90. The molecule has 1 aromatic rings. The maximum absolute atomic E-state index is 11.2. The first-order chi connectivity index (χ1) is 7.15. The van der Waals surface area contributed by atoms with Gasteiger partial charge < -0.3 is 5.32 Å². The molecule has 1 amide bonds. The highest BCUT2D eigenvalue weighted by Gasteiger charge is 2.11. The Morgan fingerprint density at radius 3 is 2.80 bits per heavy atom. The first-order valence-electron chi connectivity index (χ1n) is 4.56. The Labute approximate surface area is 97.4 Å². The molecule has 0 fully saturated rings. The summed E-state index contributed by atoms with van der Waals surface area (Å²) in [6.07, 6.45) is 0. The van der Waals surface area contributed by atoms with Crippen molar-refractivity contribution < 1.29 is 4.79 Å². The summed E-state index contributed by atoms with van der Waals surface area (Å²) in [5, 5.41) is 11.0. The summed E-state index contributed by atoms with van der Waals surface area (Å²) in [4.78, 5) is 13.1. The fourth-order valence-corrected chi connectivity index (χ4v) is 1.96. The van der Waals surface area contributed by atoms with E-state index < -0.39 is 0 Å². The van der Waals surface area contributed by atoms with Crippen molar-refractivity contribution in [2.24, 2.45) is 0 Å². The van der Waals surface area contributed by atoms with E-state index in [0.717, 1.165) is 11.6 Å². The minimum atomic E-state index is -0.00698. The Kier molecular flexibility index (Phi) is 4.93. The van der Waals surface area contributed by atoms with Crippen LogP contribution in [0.3, 0.4) is 0 Å². The summed E-state index contributed by atoms with van der Waals surface area (Å²) in [5.41, 5.74) is 0. The minimum absolute atomic E-state index is 0.00698. The lowest BCUT2D eigenvalue weighted by molar-refractivity contribution is -0.121. The average molecular weight is 249 g/mol. The first kappa shape index (κ1) is 12.4. The Balaban J connectivity index is 2.50. The Morgan fingerprint density at radius 2 is 2.33 bits per heavy atom. The lowest BCUT2D eigenvalue weighted by Gasteiger charge is -2.17. The van der Waals surface area contributed by atoms with Gasteiger partial charge in [0, 0.05) is 7.05 Å². The number of hydrogen-bond acceptors (Lipinski definition) is 5. The molecule has 1 rings (SSSR count). The molecule has 5 nitrogen and oxygen atoms in total. The van der Waals surface area contributed by atoms with Crippen molar-refractivity contribution in [1.29, 1.82) is 0 Å². The van der Waals surface area contributed by atoms with E-state index >= 15 is 0 Å². The van der Waals surface area contributed by atoms with Crippen LogP contribution < -0.4 is 5.32 Å². The first-order valence-corrected chi connectivity index (χ1v) is 5.76. The molecule has 0 bridgehead atoms. The third kappa shape index (κ3) is 4.11. The van der Waals surface area contributed by atoms with Gasteiger partial charge in [-0.05, 0) is 18.1 Å². The number of carbonyl (C=O) groups is 1. The minimum Gasteiger partial charge on any atom is -0.358 e. The van der Waals surface area contributed by atoms with Gasteiger partial charge in [0.05, 0.1) is 13.1 Å². The molecule has 1 heterocycles. The van der Waals surface area contributed by atoms with Crippen LogP contribution in [0, 0.1) is 0 Å². The van der Waals surface area contributed by atoms with Crippen LogP contribution in [0.2, 0.25) is 4.47 Å². The van der Waals surface area contributed by atoms with Gasteiger partial charge in [-0.2, -0.15) is 0 Å². The second-order valence-corrected chi connectivity index (χ2v) is 4.57. The topological polar surface area (TPSA) is 58.1 Å². The number of carbonyl (C=O) groups excluding carboxylic acids is 1. The molecule has 84 valence electrons. The molecular formula is C8H13ClN4OS. The zero-order valence-corrected chi connectivity index (χ0v) is 10.2. The van der Waals surface area contributed by atoms with Gasteiger partial charge in [-0.3, -0.25) is 9.69 Å². The van der Waals surface area contributed by atoms with Crippen LogP contribution in [0.1, 0.15) is 11.9 Å². The molecule has 1 N–H and O–H groups in total. The molecule has 0 aliphatic carbocycles. The molecule has 0 aromatic carbocycles. The molecule has 0 unspecified atom stereocenters. The maximum Gasteiger partial charge on any atom is 0.233 e. The van der Waals surface area contributed by atoms with Gasteiger partial charge in [-0.15, -0.1) is 10.2 Å². The third-order valence-electron chi connectivity index (χ3n) is 1.89. The van der Waals surface area contributed by atoms with Gasteiger partial charge >= 0.3 is 0 Å². The molecule has 0 radical (unpaired) electrons. The molecule has 0 saturated carbocycles. The van der Waals surface area contributed by atoms with Crippen molar-refractivity contribution in [3.63, 3.8) is 0 Å². The lowest BCUT2D eigenvalue weighted by atomic mass is 10.4. The standard InChI is InChI=1S/C8H13ClN4OS/c1-3-13(4-6(14)10-2)5-7-11-12-8(9)15-7/h3-5H2,1-2H3,(H,10,14). The molecule has 0 saturated heterocycles. The molecule has 0 aliphatic heterocycles. The van der Waals surface area contributed by atoms with Gasteiger partial charge in [-0.1, -0.05) is 18.3 Å². The zero-order chi connectivity index (χ0) is 11.3. The SMILES string of the molecule is CCN(CC(=O)NC)Cc1nnc(Cl)s1. The van der Waals surface area contributed by atoms with Crippen molar-refractivity contribution in [3.05, 3.63) is 9.47 Å². The van der Waals surface area contributed by atoms with Crippen molar-refractivity contribution in [2.45, 2.75) is 13.5 Å². The summed E-state index contributed by atoms with van der Waals surface area (Å²) in [7, 11) is 1.62. The van der Waals surface area contributed by atoms with Crippen molar-refractivity contribution in [3.8, 4) is 0 Å². The van der Waals surface area contributed by atoms with Gasteiger partial charge in [0.2, 0.25) is 10.4 Å². The van der Waals surface area contributed by atoms with Crippen LogP contribution in [-0.4, -0.2) is 41.1 Å². The second kappa shape index (κ2) is 5.99. The molecule has 0 spiro atoms. The monoisotopic (exact) mass is 248 g/mol. The van der Waals surface area contributed by atoms with E-state index in [9.17, 15) is 4.79 Å². The number of aromatic nitrogens is 2. The van der Waals surface area contributed by atoms with E-state index in [4.69, 9.17) is 11.6 Å². The Morgan fingerprint density at radius 1 is 1.60 bits per heavy atom. The van der Waals surface area contributed by atoms with Gasteiger partial charge in [0.25, 0.3) is 0 Å². The Bertz CT molecular complexity index is 330. The van der Waals surface area contributed by atoms with E-state index in [1.54, 1.807) is 7.05 Å². The number of halogens is 1. The van der Waals surface area contributed by atoms with E-state index in [1.165, 1.54) is 11.3 Å². The normalized spacial score (nSPS) is 10.7. The van der Waals surface area contributed by atoms with Crippen LogP contribution in [0.25, 0.3) is 0 Å². The number of nitrogens with one attached hydrogen (secondary N) is 1. The highest BCUT2D eigenvalue weighted by atomic mass is 35.5. The van der Waals surface area contributed by atoms with Crippen molar-refractivity contribution >= 4 is 28.8 Å². The van der Waals surface area contributed by atoms with Gasteiger partial charge in [0.15, 0.2) is 0 Å². The average Bonchev–Trinajstić information content (AvgIpc) is 2.62. The molecule has 1 aromatic heterocycles. The molecule has 0 atom stereocenters. The number of hydrogen-bond donors (Lipinski definition) is 1. The smallest absolute Gasteiger partial charge is 0.233 e. The maximum atomic E-state index is 11.2. The summed E-state index contributed by atoms with van der Waals surface area (Å²) in [6.45, 7) is 3.74. The quantitative estimate of drug-likeness (QED) is 0.836. The van der Waals surface area contributed by atoms with Crippen molar-refractivity contribution in [1.82, 2.24) is 20.4 Å². The van der Waals surface area contributed by atoms with Crippen LogP contribution in [0.4, 0.5) is 0 Å². The largest absolute Gasteiger partial charge is 0.358 e. The molecule has 15 heavy (non-hydrogen) atoms. The lowest BCUT2D eigenvalue weighted by Crippen LogP contribution is -2.35. The van der Waals surface area contributed by atoms with Crippen LogP contribution >= 0.6 is 22.9 Å². The summed E-state index contributed by atoms with van der Waals surface area (Å²) in [6, 6.07) is 0. The highest BCUT2D eigenvalue weighted by molar-refractivity contribution is 7.15. The Hall–Kier alpha value is -0.720. The molecule has 7 heteroatoms. The van der Waals surface area contributed by atoms with Gasteiger partial charge in [-0.25, -0.2) is 0 Å². The van der Waals surface area contributed by atoms with Crippen LogP contribution in [0.5, 0.6) is 0 Å². The van der Waals surface area contributed by atoms with E-state index in [0.29, 0.717) is 17.6 Å². The fraction of sp³-hybridized carbons (Fsp3) is 0.625. The van der Waals surface area contributed by atoms with Crippen LogP contribution in [-0.2, 0) is 11.3 Å². The number of nitrogens with zero attached hydrogens (tertiary/aromatic N) is 3. The number of likely N-dealkylation sites (N-methyl/N-ethyl adjacent to an activating group) is 2. The van der Waals surface area contributed by atoms with Crippen LogP contribution in [0.15, 0.2) is 0 Å². The predicted octanol–water partition coefficient (Wildman–Crippen LogP) is 0.759. The highest BCUT2D eigenvalue weighted by Crippen LogP contribution is 2.16. The number of rotatable bonds is 5. The predicted molar refractivity (Wildman–Crippen MR) is 59.9 cm³/mol. The molecular weight excluding hydrogens is 236 g/mol. The van der Waals surface area contributed by atoms with Crippen molar-refractivity contribution in [2.75, 3.05) is 20.1 Å². The van der Waals surface area contributed by atoms with E-state index in [-0.39, 0.29) is 5.91 Å². The van der Waals surface area contributed by atoms with Gasteiger partial charge in [0.1, 0.15) is 5.01 Å². The fourth-order valence-electron chi connectivity index (χ4n) is 1.05. The van der Waals surface area contributed by atoms with E-state index in [1.807, 2.05) is 11.8 Å². The summed E-state index contributed by atoms with van der Waals surface area (Å²) < 4.78 is 0.431. The molecule has 0 aliphatic rings. The summed E-state index contributed by atoms with van der Waals surface area (Å²) >= 11 is 7.00.